The molecule has 2 aromatic rings. The van der Waals surface area contributed by atoms with Gasteiger partial charge in [0, 0.05) is 20.0 Å². The van der Waals surface area contributed by atoms with Crippen LogP contribution in [0.15, 0.2) is 24.3 Å². The van der Waals surface area contributed by atoms with Gasteiger partial charge in [0.1, 0.15) is 11.6 Å². The average molecular weight is 411 g/mol. The predicted molar refractivity (Wildman–Crippen MR) is 109 cm³/mol. The number of H-pyrrole nitrogens is 1. The zero-order chi connectivity index (χ0) is 18.4. The van der Waals surface area contributed by atoms with E-state index in [1.165, 1.54) is 23.5 Å². The third-order valence-corrected chi connectivity index (χ3v) is 7.37. The van der Waals surface area contributed by atoms with Gasteiger partial charge in [0.25, 0.3) is 5.91 Å². The number of nitrogens with zero attached hydrogens (tertiary/aromatic N) is 2. The first-order valence-electron chi connectivity index (χ1n) is 8.46. The van der Waals surface area contributed by atoms with Gasteiger partial charge in [-0.3, -0.25) is 9.89 Å². The van der Waals surface area contributed by atoms with Crippen molar-refractivity contribution in [3.63, 3.8) is 0 Å². The quantitative estimate of drug-likeness (QED) is 0.684. The molecule has 3 rings (SSSR count). The zero-order valence-electron chi connectivity index (χ0n) is 14.6. The summed E-state index contributed by atoms with van der Waals surface area (Å²) >= 11 is 9.04. The molecule has 0 spiro atoms. The number of aromatic amines is 1. The number of ether oxygens (including phenoxy) is 1. The van der Waals surface area contributed by atoms with Crippen molar-refractivity contribution in [2.24, 2.45) is 7.05 Å². The summed E-state index contributed by atoms with van der Waals surface area (Å²) in [5, 5.41) is 9.67. The maximum atomic E-state index is 11.9. The van der Waals surface area contributed by atoms with E-state index in [9.17, 15) is 4.79 Å². The molecule has 1 aliphatic rings. The van der Waals surface area contributed by atoms with Gasteiger partial charge in [-0.25, -0.2) is 0 Å². The molecule has 0 unspecified atom stereocenters. The maximum absolute atomic E-state index is 11.9. The van der Waals surface area contributed by atoms with E-state index in [-0.39, 0.29) is 12.5 Å². The third-order valence-electron chi connectivity index (χ3n) is 3.99. The van der Waals surface area contributed by atoms with Crippen LogP contribution in [0.2, 0.25) is 0 Å². The Bertz CT molecular complexity index is 782. The minimum absolute atomic E-state index is 0.00521. The number of carbonyl (C=O) groups is 1. The summed E-state index contributed by atoms with van der Waals surface area (Å²) in [6.07, 6.45) is 1.90. The fourth-order valence-corrected chi connectivity index (χ4v) is 5.56. The van der Waals surface area contributed by atoms with Gasteiger partial charge in [0.2, 0.25) is 0 Å². The summed E-state index contributed by atoms with van der Waals surface area (Å²) in [7, 11) is 1.85. The van der Waals surface area contributed by atoms with Gasteiger partial charge in [0.15, 0.2) is 11.4 Å². The molecule has 140 valence electrons. The minimum Gasteiger partial charge on any atom is -0.484 e. The summed E-state index contributed by atoms with van der Waals surface area (Å²) in [5.41, 5.74) is 1.31. The monoisotopic (exact) mass is 410 g/mol. The summed E-state index contributed by atoms with van der Waals surface area (Å²) in [5.74, 6) is 3.82. The van der Waals surface area contributed by atoms with E-state index < -0.39 is 0 Å². The molecule has 2 heterocycles. The Kier molecular flexibility index (Phi) is 7.04. The first-order valence-corrected chi connectivity index (χ1v) is 11.0. The zero-order valence-corrected chi connectivity index (χ0v) is 17.0. The fraction of sp³-hybridized carbons (Fsp3) is 0.471. The molecule has 0 bridgehead atoms. The molecule has 2 N–H and O–H groups in total. The average Bonchev–Trinajstić information content (AvgIpc) is 3.00. The van der Waals surface area contributed by atoms with Gasteiger partial charge in [-0.15, -0.1) is 23.5 Å². The van der Waals surface area contributed by atoms with Crippen LogP contribution in [0.3, 0.4) is 0 Å². The smallest absolute Gasteiger partial charge is 0.257 e. The molecular formula is C17H22N4O2S3. The predicted octanol–water partition coefficient (Wildman–Crippen LogP) is 3.08. The molecule has 1 amide bonds. The number of thioether (sulfide) groups is 2. The second-order valence-corrected chi connectivity index (χ2v) is 9.00. The van der Waals surface area contributed by atoms with Crippen LogP contribution in [-0.4, -0.2) is 45.3 Å². The van der Waals surface area contributed by atoms with Crippen molar-refractivity contribution in [2.75, 3.05) is 24.7 Å². The highest BCUT2D eigenvalue weighted by Crippen LogP contribution is 2.43. The molecule has 1 saturated heterocycles. The van der Waals surface area contributed by atoms with Crippen molar-refractivity contribution in [3.8, 4) is 5.75 Å². The number of hydrogen-bond donors (Lipinski definition) is 2. The lowest BCUT2D eigenvalue weighted by atomic mass is 10.2. The van der Waals surface area contributed by atoms with Crippen molar-refractivity contribution < 1.29 is 9.53 Å². The van der Waals surface area contributed by atoms with E-state index in [0.29, 0.717) is 28.1 Å². The minimum atomic E-state index is -0.149. The molecule has 0 atom stereocenters. The standard InChI is InChI=1S/C17H22N4O2S3/c1-21-14(19-20-17(21)24)7-8-18-15(22)11-23-13-5-3-12(4-6-13)16-25-9-2-10-26-16/h3-6,16H,2,7-11H2,1H3,(H,18,22)(H,20,24). The van der Waals surface area contributed by atoms with Gasteiger partial charge in [-0.1, -0.05) is 12.1 Å². The van der Waals surface area contributed by atoms with Crippen molar-refractivity contribution in [1.82, 2.24) is 20.1 Å². The number of nitrogens with one attached hydrogen (secondary N) is 2. The van der Waals surface area contributed by atoms with E-state index in [0.717, 1.165) is 5.82 Å². The molecule has 0 saturated carbocycles. The molecule has 26 heavy (non-hydrogen) atoms. The van der Waals surface area contributed by atoms with Crippen LogP contribution in [0, 0.1) is 4.77 Å². The number of amides is 1. The highest BCUT2D eigenvalue weighted by Gasteiger charge is 2.16. The third kappa shape index (κ3) is 5.28. The Balaban J connectivity index is 1.39. The highest BCUT2D eigenvalue weighted by atomic mass is 32.2. The number of aromatic nitrogens is 3. The van der Waals surface area contributed by atoms with Crippen LogP contribution in [0.4, 0.5) is 0 Å². The van der Waals surface area contributed by atoms with Crippen molar-refractivity contribution in [1.29, 1.82) is 0 Å². The summed E-state index contributed by atoms with van der Waals surface area (Å²) in [4.78, 5) is 11.9. The number of benzene rings is 1. The van der Waals surface area contributed by atoms with Crippen LogP contribution in [0.5, 0.6) is 5.75 Å². The van der Waals surface area contributed by atoms with Crippen molar-refractivity contribution in [2.45, 2.75) is 17.4 Å². The Labute approximate surface area is 166 Å². The second-order valence-electron chi connectivity index (χ2n) is 5.89. The first-order chi connectivity index (χ1) is 12.6. The maximum Gasteiger partial charge on any atom is 0.257 e. The SMILES string of the molecule is Cn1c(CCNC(=O)COc2ccc(C3SCCCS3)cc2)n[nH]c1=S. The largest absolute Gasteiger partial charge is 0.484 e. The number of carbonyl (C=O) groups excluding carboxylic acids is 1. The first kappa shape index (κ1) is 19.3. The molecule has 1 aromatic heterocycles. The molecule has 0 aliphatic carbocycles. The molecule has 1 fully saturated rings. The molecule has 6 nitrogen and oxygen atoms in total. The Morgan fingerprint density at radius 1 is 1.38 bits per heavy atom. The van der Waals surface area contributed by atoms with Crippen molar-refractivity contribution >= 4 is 41.6 Å². The highest BCUT2D eigenvalue weighted by molar-refractivity contribution is 8.16. The second kappa shape index (κ2) is 9.48. The lowest BCUT2D eigenvalue weighted by molar-refractivity contribution is -0.123. The van der Waals surface area contributed by atoms with Crippen molar-refractivity contribution in [3.05, 3.63) is 40.4 Å². The van der Waals surface area contributed by atoms with E-state index in [1.54, 1.807) is 4.57 Å². The van der Waals surface area contributed by atoms with Gasteiger partial charge in [-0.05, 0) is 47.8 Å². The van der Waals surface area contributed by atoms with Crippen LogP contribution in [0.1, 0.15) is 22.4 Å². The van der Waals surface area contributed by atoms with E-state index >= 15 is 0 Å². The number of hydrogen-bond acceptors (Lipinski definition) is 6. The Morgan fingerprint density at radius 3 is 2.77 bits per heavy atom. The van der Waals surface area contributed by atoms with Gasteiger partial charge < -0.3 is 14.6 Å². The summed E-state index contributed by atoms with van der Waals surface area (Å²) in [6.45, 7) is 0.496. The Hall–Kier alpha value is -1.45. The van der Waals surface area contributed by atoms with E-state index in [2.05, 4.69) is 27.6 Å². The Morgan fingerprint density at radius 2 is 2.12 bits per heavy atom. The normalized spacial score (nSPS) is 15.0. The summed E-state index contributed by atoms with van der Waals surface area (Å²) in [6, 6.07) is 8.06. The van der Waals surface area contributed by atoms with Crippen LogP contribution in [0.25, 0.3) is 0 Å². The van der Waals surface area contributed by atoms with Crippen LogP contribution < -0.4 is 10.1 Å². The molecule has 1 aliphatic heterocycles. The van der Waals surface area contributed by atoms with Crippen LogP contribution >= 0.6 is 35.7 Å². The lowest BCUT2D eigenvalue weighted by Gasteiger charge is -2.21. The molecular weight excluding hydrogens is 388 g/mol. The number of rotatable bonds is 7. The fourth-order valence-electron chi connectivity index (χ4n) is 2.52. The van der Waals surface area contributed by atoms with E-state index in [1.807, 2.05) is 42.7 Å². The molecule has 9 heteroatoms. The van der Waals surface area contributed by atoms with E-state index in [4.69, 9.17) is 17.0 Å². The van der Waals surface area contributed by atoms with Gasteiger partial charge in [-0.2, -0.15) is 5.10 Å². The molecule has 1 aromatic carbocycles. The lowest BCUT2D eigenvalue weighted by Crippen LogP contribution is -2.31. The van der Waals surface area contributed by atoms with Crippen LogP contribution in [-0.2, 0) is 18.3 Å². The summed E-state index contributed by atoms with van der Waals surface area (Å²) < 4.78 is 8.45. The van der Waals surface area contributed by atoms with Gasteiger partial charge in [0.05, 0.1) is 4.58 Å². The molecule has 0 radical (unpaired) electrons. The topological polar surface area (TPSA) is 71.9 Å². The van der Waals surface area contributed by atoms with Gasteiger partial charge >= 0.3 is 0 Å².